The number of nitrogens with one attached hydrogen (secondary N) is 1. The van der Waals surface area contributed by atoms with Gasteiger partial charge in [-0.15, -0.1) is 0 Å². The predicted molar refractivity (Wildman–Crippen MR) is 53.6 cm³/mol. The smallest absolute Gasteiger partial charge is 0.225 e. The summed E-state index contributed by atoms with van der Waals surface area (Å²) >= 11 is 0. The Kier molecular flexibility index (Phi) is 3.31. The first-order valence-electron chi connectivity index (χ1n) is 4.89. The van der Waals surface area contributed by atoms with Crippen molar-refractivity contribution in [2.24, 2.45) is 5.41 Å². The first kappa shape index (κ1) is 10.5. The fraction of sp³-hybridized carbons (Fsp3) is 0.900. The molecule has 0 aromatic rings. The Bertz CT molecular complexity index is 183. The van der Waals surface area contributed by atoms with E-state index in [1.807, 2.05) is 20.8 Å². The van der Waals surface area contributed by atoms with Crippen LogP contribution in [0.4, 0.5) is 0 Å². The van der Waals surface area contributed by atoms with Crippen LogP contribution in [0.15, 0.2) is 0 Å². The van der Waals surface area contributed by atoms with Crippen molar-refractivity contribution >= 4 is 5.91 Å². The van der Waals surface area contributed by atoms with Gasteiger partial charge in [0.25, 0.3) is 0 Å². The van der Waals surface area contributed by atoms with E-state index in [2.05, 4.69) is 5.32 Å². The summed E-state index contributed by atoms with van der Waals surface area (Å²) in [5, 5.41) is 3.04. The van der Waals surface area contributed by atoms with Crippen molar-refractivity contribution in [1.29, 1.82) is 0 Å². The minimum atomic E-state index is -0.279. The lowest BCUT2D eigenvalue weighted by Gasteiger charge is -2.27. The van der Waals surface area contributed by atoms with Gasteiger partial charge < -0.3 is 10.1 Å². The highest BCUT2D eigenvalue weighted by atomic mass is 16.5. The SMILES string of the molecule is CC(C)(C)C(=O)NC1CCOCC1.[HH]. The lowest BCUT2D eigenvalue weighted by Crippen LogP contribution is -2.44. The van der Waals surface area contributed by atoms with Crippen LogP contribution < -0.4 is 5.32 Å². The number of ether oxygens (including phenoxy) is 1. The zero-order chi connectivity index (χ0) is 9.90. The third kappa shape index (κ3) is 3.35. The molecule has 3 heteroatoms. The van der Waals surface area contributed by atoms with Gasteiger partial charge in [-0.05, 0) is 12.8 Å². The Morgan fingerprint density at radius 3 is 2.38 bits per heavy atom. The maximum atomic E-state index is 11.6. The molecule has 0 aromatic carbocycles. The number of carbonyl (C=O) groups is 1. The summed E-state index contributed by atoms with van der Waals surface area (Å²) in [4.78, 5) is 11.6. The first-order valence-corrected chi connectivity index (χ1v) is 4.89. The van der Waals surface area contributed by atoms with E-state index in [9.17, 15) is 4.79 Å². The average Bonchev–Trinajstić information content (AvgIpc) is 2.04. The molecule has 1 heterocycles. The molecule has 0 aromatic heterocycles. The Morgan fingerprint density at radius 2 is 1.92 bits per heavy atom. The molecule has 1 saturated heterocycles. The minimum absolute atomic E-state index is 0. The van der Waals surface area contributed by atoms with Crippen LogP contribution in [0.5, 0.6) is 0 Å². The second-order valence-electron chi connectivity index (χ2n) is 4.61. The molecule has 1 aliphatic rings. The zero-order valence-electron chi connectivity index (χ0n) is 8.72. The molecule has 0 aliphatic carbocycles. The molecule has 1 N–H and O–H groups in total. The van der Waals surface area contributed by atoms with Gasteiger partial charge in [0.15, 0.2) is 0 Å². The van der Waals surface area contributed by atoms with E-state index in [1.54, 1.807) is 0 Å². The largest absolute Gasteiger partial charge is 0.381 e. The number of rotatable bonds is 1. The van der Waals surface area contributed by atoms with Gasteiger partial charge in [0.1, 0.15) is 0 Å². The summed E-state index contributed by atoms with van der Waals surface area (Å²) in [7, 11) is 0. The van der Waals surface area contributed by atoms with Crippen molar-refractivity contribution in [3.63, 3.8) is 0 Å². The molecular weight excluding hydrogens is 166 g/mol. The van der Waals surface area contributed by atoms with Crippen LogP contribution in [0.25, 0.3) is 0 Å². The van der Waals surface area contributed by atoms with Gasteiger partial charge in [-0.1, -0.05) is 20.8 Å². The van der Waals surface area contributed by atoms with Crippen LogP contribution in [0, 0.1) is 5.41 Å². The number of carbonyl (C=O) groups excluding carboxylic acids is 1. The van der Waals surface area contributed by atoms with E-state index in [-0.39, 0.29) is 12.7 Å². The molecule has 13 heavy (non-hydrogen) atoms. The summed E-state index contributed by atoms with van der Waals surface area (Å²) in [6, 6.07) is 0.320. The molecule has 0 saturated carbocycles. The molecule has 1 fully saturated rings. The van der Waals surface area contributed by atoms with E-state index < -0.39 is 0 Å². The third-order valence-electron chi connectivity index (χ3n) is 2.24. The lowest BCUT2D eigenvalue weighted by molar-refractivity contribution is -0.129. The second-order valence-corrected chi connectivity index (χ2v) is 4.61. The fourth-order valence-corrected chi connectivity index (χ4v) is 1.24. The highest BCUT2D eigenvalue weighted by molar-refractivity contribution is 5.81. The highest BCUT2D eigenvalue weighted by Gasteiger charge is 2.24. The van der Waals surface area contributed by atoms with Crippen LogP contribution in [0.2, 0.25) is 0 Å². The molecule has 78 valence electrons. The average molecular weight is 187 g/mol. The molecule has 1 aliphatic heterocycles. The molecular formula is C10H21NO2. The summed E-state index contributed by atoms with van der Waals surface area (Å²) < 4.78 is 5.22. The van der Waals surface area contributed by atoms with Gasteiger partial charge in [0, 0.05) is 26.1 Å². The lowest BCUT2D eigenvalue weighted by atomic mass is 9.94. The van der Waals surface area contributed by atoms with E-state index in [0.29, 0.717) is 6.04 Å². The van der Waals surface area contributed by atoms with Gasteiger partial charge >= 0.3 is 0 Å². The van der Waals surface area contributed by atoms with Gasteiger partial charge in [-0.2, -0.15) is 0 Å². The van der Waals surface area contributed by atoms with E-state index >= 15 is 0 Å². The molecule has 1 amide bonds. The van der Waals surface area contributed by atoms with Gasteiger partial charge in [-0.25, -0.2) is 0 Å². The second kappa shape index (κ2) is 4.09. The summed E-state index contributed by atoms with van der Waals surface area (Å²) in [5.74, 6) is 0.138. The Hall–Kier alpha value is -0.570. The summed E-state index contributed by atoms with van der Waals surface area (Å²) in [5.41, 5.74) is -0.279. The minimum Gasteiger partial charge on any atom is -0.381 e. The number of hydrogen-bond acceptors (Lipinski definition) is 2. The van der Waals surface area contributed by atoms with Crippen molar-refractivity contribution in [2.75, 3.05) is 13.2 Å². The Morgan fingerprint density at radius 1 is 1.38 bits per heavy atom. The van der Waals surface area contributed by atoms with Crippen molar-refractivity contribution < 1.29 is 11.0 Å². The van der Waals surface area contributed by atoms with Crippen LogP contribution >= 0.6 is 0 Å². The van der Waals surface area contributed by atoms with Gasteiger partial charge in [0.05, 0.1) is 0 Å². The Balaban J connectivity index is 0.00000169. The third-order valence-corrected chi connectivity index (χ3v) is 2.24. The zero-order valence-corrected chi connectivity index (χ0v) is 8.72. The molecule has 0 bridgehead atoms. The Labute approximate surface area is 81.3 Å². The number of hydrogen-bond donors (Lipinski definition) is 1. The van der Waals surface area contributed by atoms with E-state index in [0.717, 1.165) is 26.1 Å². The molecule has 1 rings (SSSR count). The monoisotopic (exact) mass is 187 g/mol. The van der Waals surface area contributed by atoms with Crippen molar-refractivity contribution in [2.45, 2.75) is 39.7 Å². The van der Waals surface area contributed by atoms with Crippen LogP contribution in [-0.2, 0) is 9.53 Å². The topological polar surface area (TPSA) is 38.3 Å². The maximum absolute atomic E-state index is 11.6. The van der Waals surface area contributed by atoms with Crippen molar-refractivity contribution in [3.8, 4) is 0 Å². The number of amides is 1. The fourth-order valence-electron chi connectivity index (χ4n) is 1.24. The summed E-state index contributed by atoms with van der Waals surface area (Å²) in [6.45, 7) is 7.34. The summed E-state index contributed by atoms with van der Waals surface area (Å²) in [6.07, 6.45) is 1.89. The van der Waals surface area contributed by atoms with Crippen LogP contribution in [0.1, 0.15) is 35.0 Å². The molecule has 0 atom stereocenters. The standard InChI is InChI=1S/C10H19NO2.H2/c1-10(2,3)9(12)11-8-4-6-13-7-5-8;/h8H,4-7H2,1-3H3,(H,11,12);1H. The molecule has 3 nitrogen and oxygen atoms in total. The highest BCUT2D eigenvalue weighted by Crippen LogP contribution is 2.15. The predicted octanol–water partition coefficient (Wildman–Crippen LogP) is 1.57. The van der Waals surface area contributed by atoms with Crippen LogP contribution in [0.3, 0.4) is 0 Å². The molecule has 0 radical (unpaired) electrons. The van der Waals surface area contributed by atoms with E-state index in [1.165, 1.54) is 0 Å². The van der Waals surface area contributed by atoms with Crippen molar-refractivity contribution in [3.05, 3.63) is 0 Å². The normalized spacial score (nSPS) is 19.9. The van der Waals surface area contributed by atoms with Crippen molar-refractivity contribution in [1.82, 2.24) is 5.32 Å². The van der Waals surface area contributed by atoms with Gasteiger partial charge in [0.2, 0.25) is 5.91 Å². The molecule has 0 spiro atoms. The first-order chi connectivity index (χ1) is 6.00. The van der Waals surface area contributed by atoms with E-state index in [4.69, 9.17) is 4.74 Å². The molecule has 0 unspecified atom stereocenters. The van der Waals surface area contributed by atoms with Crippen LogP contribution in [-0.4, -0.2) is 25.2 Å². The maximum Gasteiger partial charge on any atom is 0.225 e. The van der Waals surface area contributed by atoms with Gasteiger partial charge in [-0.3, -0.25) is 4.79 Å². The quantitative estimate of drug-likeness (QED) is 0.676.